The second-order valence-electron chi connectivity index (χ2n) is 7.55. The molecule has 2 unspecified atom stereocenters. The van der Waals surface area contributed by atoms with Crippen molar-refractivity contribution in [3.05, 3.63) is 30.3 Å². The molecule has 25 heavy (non-hydrogen) atoms. The molecule has 6 nitrogen and oxygen atoms in total. The average Bonchev–Trinajstić information content (AvgIpc) is 2.44. The summed E-state index contributed by atoms with van der Waals surface area (Å²) in [7, 11) is 0. The van der Waals surface area contributed by atoms with Crippen LogP contribution >= 0.6 is 0 Å². The first-order valence-electron chi connectivity index (χ1n) is 8.48. The minimum atomic E-state index is -1.20. The minimum Gasteiger partial charge on any atom is -0.481 e. The lowest BCUT2D eigenvalue weighted by Gasteiger charge is -2.36. The molecule has 0 bridgehead atoms. The van der Waals surface area contributed by atoms with Crippen molar-refractivity contribution >= 4 is 17.7 Å². The minimum absolute atomic E-state index is 0.155. The van der Waals surface area contributed by atoms with Crippen LogP contribution in [0, 0.1) is 5.92 Å². The number of aliphatic hydroxyl groups is 1. The number of nitrogens with zero attached hydrogens (tertiary/aromatic N) is 1. The Morgan fingerprint density at radius 3 is 2.16 bits per heavy atom. The summed E-state index contributed by atoms with van der Waals surface area (Å²) in [4.78, 5) is 25.3. The van der Waals surface area contributed by atoms with Gasteiger partial charge in [-0.15, -0.1) is 0 Å². The number of anilines is 1. The second kappa shape index (κ2) is 8.85. The molecule has 0 spiro atoms. The fraction of sp³-hybridized carbons (Fsp3) is 0.579. The summed E-state index contributed by atoms with van der Waals surface area (Å²) in [5.74, 6) is -0.958. The third-order valence-electron chi connectivity index (χ3n) is 3.50. The van der Waals surface area contributed by atoms with Crippen molar-refractivity contribution in [1.29, 1.82) is 0 Å². The van der Waals surface area contributed by atoms with Crippen LogP contribution in [0.1, 0.15) is 47.5 Å². The smallest absolute Gasteiger partial charge is 0.415 e. The summed E-state index contributed by atoms with van der Waals surface area (Å²) in [6.07, 6.45) is -1.80. The van der Waals surface area contributed by atoms with Crippen molar-refractivity contribution in [2.75, 3.05) is 4.90 Å². The van der Waals surface area contributed by atoms with Crippen LogP contribution < -0.4 is 4.90 Å². The number of benzene rings is 1. The van der Waals surface area contributed by atoms with Crippen molar-refractivity contribution in [3.8, 4) is 0 Å². The van der Waals surface area contributed by atoms with Crippen molar-refractivity contribution in [3.63, 3.8) is 0 Å². The van der Waals surface area contributed by atoms with Crippen LogP contribution in [0.5, 0.6) is 0 Å². The van der Waals surface area contributed by atoms with Gasteiger partial charge in [0.25, 0.3) is 0 Å². The number of para-hydroxylation sites is 1. The normalized spacial score (nSPS) is 14.0. The van der Waals surface area contributed by atoms with E-state index in [4.69, 9.17) is 9.84 Å². The highest BCUT2D eigenvalue weighted by molar-refractivity contribution is 5.88. The van der Waals surface area contributed by atoms with Gasteiger partial charge in [0.05, 0.1) is 18.6 Å². The maximum atomic E-state index is 12.8. The van der Waals surface area contributed by atoms with Gasteiger partial charge < -0.3 is 14.9 Å². The van der Waals surface area contributed by atoms with Crippen LogP contribution in [0.25, 0.3) is 0 Å². The molecule has 140 valence electrons. The first kappa shape index (κ1) is 21.0. The standard InChI is InChI=1S/C19H29NO5/c1-13(2)11-15(16(21)12-17(22)23)20(14-9-7-6-8-10-14)18(24)25-19(3,4)5/h6-10,13,15-16,21H,11-12H2,1-5H3,(H,22,23). The number of carbonyl (C=O) groups excluding carboxylic acids is 1. The molecule has 0 aliphatic rings. The highest BCUT2D eigenvalue weighted by Crippen LogP contribution is 2.26. The van der Waals surface area contributed by atoms with Gasteiger partial charge in [-0.2, -0.15) is 0 Å². The van der Waals surface area contributed by atoms with E-state index in [2.05, 4.69) is 0 Å². The van der Waals surface area contributed by atoms with Gasteiger partial charge in [-0.25, -0.2) is 4.79 Å². The van der Waals surface area contributed by atoms with Crippen LogP contribution in [-0.4, -0.2) is 40.0 Å². The summed E-state index contributed by atoms with van der Waals surface area (Å²) < 4.78 is 5.50. The molecular weight excluding hydrogens is 322 g/mol. The quantitative estimate of drug-likeness (QED) is 0.782. The Bertz CT molecular complexity index is 565. The van der Waals surface area contributed by atoms with Crippen molar-refractivity contribution in [1.82, 2.24) is 0 Å². The molecule has 0 aromatic heterocycles. The van der Waals surface area contributed by atoms with E-state index < -0.39 is 36.2 Å². The van der Waals surface area contributed by atoms with Crippen molar-refractivity contribution in [2.24, 2.45) is 5.92 Å². The second-order valence-corrected chi connectivity index (χ2v) is 7.55. The molecule has 6 heteroatoms. The van der Waals surface area contributed by atoms with E-state index in [9.17, 15) is 14.7 Å². The summed E-state index contributed by atoms with van der Waals surface area (Å²) >= 11 is 0. The van der Waals surface area contributed by atoms with Crippen LogP contribution in [0.2, 0.25) is 0 Å². The molecule has 0 saturated carbocycles. The highest BCUT2D eigenvalue weighted by atomic mass is 16.6. The number of carboxylic acid groups (broad SMARTS) is 1. The average molecular weight is 351 g/mol. The van der Waals surface area contributed by atoms with E-state index in [1.54, 1.807) is 45.0 Å². The predicted octanol–water partition coefficient (Wildman–Crippen LogP) is 3.68. The third-order valence-corrected chi connectivity index (χ3v) is 3.50. The largest absolute Gasteiger partial charge is 0.481 e. The van der Waals surface area contributed by atoms with E-state index in [1.165, 1.54) is 4.90 Å². The zero-order valence-corrected chi connectivity index (χ0v) is 15.6. The van der Waals surface area contributed by atoms with Gasteiger partial charge in [-0.05, 0) is 45.2 Å². The lowest BCUT2D eigenvalue weighted by Crippen LogP contribution is -2.50. The maximum absolute atomic E-state index is 12.8. The SMILES string of the molecule is CC(C)CC(C(O)CC(=O)O)N(C(=O)OC(C)(C)C)c1ccccc1. The lowest BCUT2D eigenvalue weighted by molar-refractivity contribution is -0.139. The van der Waals surface area contributed by atoms with E-state index in [0.717, 1.165) is 0 Å². The lowest BCUT2D eigenvalue weighted by atomic mass is 9.95. The van der Waals surface area contributed by atoms with E-state index in [0.29, 0.717) is 12.1 Å². The fourth-order valence-corrected chi connectivity index (χ4v) is 2.56. The Kier molecular flexibility index (Phi) is 7.42. The van der Waals surface area contributed by atoms with Crippen molar-refractivity contribution < 1.29 is 24.5 Å². The number of hydrogen-bond acceptors (Lipinski definition) is 4. The van der Waals surface area contributed by atoms with Gasteiger partial charge in [-0.1, -0.05) is 32.0 Å². The Morgan fingerprint density at radius 1 is 1.16 bits per heavy atom. The molecule has 1 aromatic carbocycles. The predicted molar refractivity (Wildman–Crippen MR) is 96.7 cm³/mol. The molecular formula is C19H29NO5. The Hall–Kier alpha value is -2.08. The van der Waals surface area contributed by atoms with Crippen LogP contribution in [0.15, 0.2) is 30.3 Å². The first-order valence-corrected chi connectivity index (χ1v) is 8.48. The molecule has 2 N–H and O–H groups in total. The zero-order chi connectivity index (χ0) is 19.2. The van der Waals surface area contributed by atoms with Crippen LogP contribution in [0.3, 0.4) is 0 Å². The third kappa shape index (κ3) is 7.13. The van der Waals surface area contributed by atoms with Crippen molar-refractivity contribution in [2.45, 2.75) is 65.2 Å². The van der Waals surface area contributed by atoms with E-state index in [-0.39, 0.29) is 5.92 Å². The van der Waals surface area contributed by atoms with Crippen LogP contribution in [0.4, 0.5) is 10.5 Å². The number of aliphatic hydroxyl groups excluding tert-OH is 1. The molecule has 1 aromatic rings. The monoisotopic (exact) mass is 351 g/mol. The number of hydrogen-bond donors (Lipinski definition) is 2. The van der Waals surface area contributed by atoms with Crippen LogP contribution in [-0.2, 0) is 9.53 Å². The van der Waals surface area contributed by atoms with E-state index in [1.807, 2.05) is 19.9 Å². The molecule has 0 fully saturated rings. The Balaban J connectivity index is 3.27. The molecule has 0 heterocycles. The Labute approximate surface area is 149 Å². The molecule has 0 saturated heterocycles. The molecule has 2 atom stereocenters. The summed E-state index contributed by atoms with van der Waals surface area (Å²) in [6, 6.07) is 8.16. The van der Waals surface area contributed by atoms with Gasteiger partial charge in [0, 0.05) is 5.69 Å². The fourth-order valence-electron chi connectivity index (χ4n) is 2.56. The van der Waals surface area contributed by atoms with Gasteiger partial charge in [0.15, 0.2) is 0 Å². The van der Waals surface area contributed by atoms with Gasteiger partial charge in [0.2, 0.25) is 0 Å². The summed E-state index contributed by atoms with van der Waals surface area (Å²) in [6.45, 7) is 9.20. The summed E-state index contributed by atoms with van der Waals surface area (Å²) in [5, 5.41) is 19.5. The number of ether oxygens (including phenoxy) is 1. The van der Waals surface area contributed by atoms with E-state index >= 15 is 0 Å². The van der Waals surface area contributed by atoms with Gasteiger partial charge in [-0.3, -0.25) is 9.69 Å². The maximum Gasteiger partial charge on any atom is 0.415 e. The number of amides is 1. The molecule has 0 aliphatic carbocycles. The molecule has 1 rings (SSSR count). The van der Waals surface area contributed by atoms with Gasteiger partial charge >= 0.3 is 12.1 Å². The number of aliphatic carboxylic acids is 1. The Morgan fingerprint density at radius 2 is 1.72 bits per heavy atom. The number of carboxylic acids is 1. The zero-order valence-electron chi connectivity index (χ0n) is 15.6. The number of carbonyl (C=O) groups is 2. The molecule has 1 amide bonds. The summed E-state index contributed by atoms with van der Waals surface area (Å²) in [5.41, 5.74) is -0.142. The van der Waals surface area contributed by atoms with Gasteiger partial charge in [0.1, 0.15) is 5.60 Å². The number of rotatable bonds is 7. The highest BCUT2D eigenvalue weighted by Gasteiger charge is 2.35. The first-order chi connectivity index (χ1) is 11.5. The molecule has 0 aliphatic heterocycles. The molecule has 0 radical (unpaired) electrons. The topological polar surface area (TPSA) is 87.1 Å².